The Kier molecular flexibility index (Phi) is 3.99. The Morgan fingerprint density at radius 3 is 1.04 bits per heavy atom. The molecule has 4 heteroatoms. The van der Waals surface area contributed by atoms with Crippen molar-refractivity contribution in [1.82, 2.24) is 0 Å². The van der Waals surface area contributed by atoms with Gasteiger partial charge in [-0.15, -0.1) is 0 Å². The van der Waals surface area contributed by atoms with Gasteiger partial charge in [0.1, 0.15) is 24.3 Å². The molecule has 24 heavy (non-hydrogen) atoms. The first-order chi connectivity index (χ1) is 11.7. The zero-order valence-corrected chi connectivity index (χ0v) is 12.9. The highest BCUT2D eigenvalue weighted by atomic mass is 14.4. The summed E-state index contributed by atoms with van der Waals surface area (Å²) in [6, 6.07) is 16.6. The highest BCUT2D eigenvalue weighted by Gasteiger charge is 2.24. The molecule has 4 aliphatic carbocycles. The van der Waals surface area contributed by atoms with Gasteiger partial charge in [0, 0.05) is 0 Å². The van der Waals surface area contributed by atoms with E-state index in [0.717, 1.165) is 11.1 Å². The van der Waals surface area contributed by atoms with Crippen molar-refractivity contribution in [2.45, 2.75) is 25.7 Å². The Labute approximate surface area is 140 Å². The average molecular weight is 308 g/mol. The van der Waals surface area contributed by atoms with Gasteiger partial charge in [0.2, 0.25) is 0 Å². The predicted octanol–water partition coefficient (Wildman–Crippen LogP) is 3.06. The number of nitriles is 4. The smallest absolute Gasteiger partial charge is 0.101 e. The predicted molar refractivity (Wildman–Crippen MR) is 86.6 cm³/mol. The molecule has 0 saturated carbocycles. The molecule has 0 saturated heterocycles. The normalized spacial score (nSPS) is 12.2. The van der Waals surface area contributed by atoms with E-state index >= 15 is 0 Å². The van der Waals surface area contributed by atoms with Crippen molar-refractivity contribution < 1.29 is 0 Å². The van der Waals surface area contributed by atoms with Crippen LogP contribution < -0.4 is 0 Å². The third-order valence-corrected chi connectivity index (χ3v) is 4.50. The molecule has 112 valence electrons. The van der Waals surface area contributed by atoms with Crippen molar-refractivity contribution in [3.63, 3.8) is 0 Å². The number of nitrogens with zero attached hydrogens (tertiary/aromatic N) is 4. The summed E-state index contributed by atoms with van der Waals surface area (Å²) in [5.74, 6) is 0. The summed E-state index contributed by atoms with van der Waals surface area (Å²) >= 11 is 0. The quantitative estimate of drug-likeness (QED) is 0.747. The van der Waals surface area contributed by atoms with Gasteiger partial charge in [0.25, 0.3) is 0 Å². The van der Waals surface area contributed by atoms with Crippen LogP contribution in [0.3, 0.4) is 0 Å². The van der Waals surface area contributed by atoms with Gasteiger partial charge in [-0.05, 0) is 47.9 Å². The Hall–Kier alpha value is -3.60. The standard InChI is InChI=1S/C20H12N4/c21-9-17-15-7-5-13-1-2-14(4-3-13)6-8-16(19(17)11-23)20(12-24)18(15)10-22/h1-4H,5-8H2. The molecule has 0 aromatic heterocycles. The third-order valence-electron chi connectivity index (χ3n) is 4.50. The van der Waals surface area contributed by atoms with Gasteiger partial charge in [-0.1, -0.05) is 24.3 Å². The van der Waals surface area contributed by atoms with E-state index < -0.39 is 0 Å². The van der Waals surface area contributed by atoms with Crippen molar-refractivity contribution in [1.29, 1.82) is 21.0 Å². The molecule has 0 N–H and O–H groups in total. The first-order valence-electron chi connectivity index (χ1n) is 7.63. The van der Waals surface area contributed by atoms with E-state index in [1.807, 2.05) is 0 Å². The van der Waals surface area contributed by atoms with Crippen molar-refractivity contribution in [3.8, 4) is 24.3 Å². The third kappa shape index (κ3) is 2.38. The number of benzene rings is 2. The monoisotopic (exact) mass is 308 g/mol. The van der Waals surface area contributed by atoms with Crippen LogP contribution in [0.4, 0.5) is 0 Å². The van der Waals surface area contributed by atoms with E-state index in [9.17, 15) is 21.0 Å². The van der Waals surface area contributed by atoms with Crippen molar-refractivity contribution in [2.24, 2.45) is 0 Å². The maximum Gasteiger partial charge on any atom is 0.101 e. The highest BCUT2D eigenvalue weighted by molar-refractivity contribution is 5.67. The van der Waals surface area contributed by atoms with Gasteiger partial charge in [0.05, 0.1) is 22.3 Å². The summed E-state index contributed by atoms with van der Waals surface area (Å²) in [6.07, 6.45) is 2.21. The fourth-order valence-corrected chi connectivity index (χ4v) is 3.26. The zero-order valence-electron chi connectivity index (χ0n) is 12.9. The summed E-state index contributed by atoms with van der Waals surface area (Å²) in [5.41, 5.74) is 4.23. The molecule has 4 bridgehead atoms. The second-order valence-electron chi connectivity index (χ2n) is 5.72. The van der Waals surface area contributed by atoms with Gasteiger partial charge in [-0.3, -0.25) is 0 Å². The number of aryl methyl sites for hydroxylation is 2. The fourth-order valence-electron chi connectivity index (χ4n) is 3.26. The Morgan fingerprint density at radius 2 is 0.792 bits per heavy atom. The summed E-state index contributed by atoms with van der Waals surface area (Å²) < 4.78 is 0. The van der Waals surface area contributed by atoms with Crippen LogP contribution in [0.1, 0.15) is 44.5 Å². The second kappa shape index (κ2) is 6.26. The minimum atomic E-state index is 0.248. The molecular weight excluding hydrogens is 296 g/mol. The van der Waals surface area contributed by atoms with Crippen LogP contribution in [0.5, 0.6) is 0 Å². The van der Waals surface area contributed by atoms with Crippen molar-refractivity contribution in [3.05, 3.63) is 68.8 Å². The highest BCUT2D eigenvalue weighted by Crippen LogP contribution is 2.30. The lowest BCUT2D eigenvalue weighted by atomic mass is 9.83. The molecule has 4 nitrogen and oxygen atoms in total. The summed E-state index contributed by atoms with van der Waals surface area (Å²) in [6.45, 7) is 0. The van der Waals surface area contributed by atoms with Crippen LogP contribution in [0.2, 0.25) is 0 Å². The van der Waals surface area contributed by atoms with E-state index in [2.05, 4.69) is 48.5 Å². The van der Waals surface area contributed by atoms with Crippen LogP contribution in [0.25, 0.3) is 0 Å². The second-order valence-corrected chi connectivity index (χ2v) is 5.72. The average Bonchev–Trinajstić information content (AvgIpc) is 2.62. The lowest BCUT2D eigenvalue weighted by Crippen LogP contribution is -2.10. The van der Waals surface area contributed by atoms with Gasteiger partial charge in [-0.2, -0.15) is 21.0 Å². The first kappa shape index (κ1) is 15.3. The molecule has 0 spiro atoms. The molecule has 0 heterocycles. The minimum absolute atomic E-state index is 0.248. The van der Waals surface area contributed by atoms with Crippen LogP contribution >= 0.6 is 0 Å². The van der Waals surface area contributed by atoms with E-state index in [1.165, 1.54) is 0 Å². The van der Waals surface area contributed by atoms with E-state index in [4.69, 9.17) is 0 Å². The molecule has 0 aliphatic heterocycles. The van der Waals surface area contributed by atoms with Crippen LogP contribution in [0.15, 0.2) is 24.3 Å². The maximum atomic E-state index is 9.58. The molecule has 0 unspecified atom stereocenters. The van der Waals surface area contributed by atoms with E-state index in [-0.39, 0.29) is 22.3 Å². The molecular formula is C20H12N4. The number of rotatable bonds is 0. The Morgan fingerprint density at radius 1 is 0.500 bits per heavy atom. The first-order valence-corrected chi connectivity index (χ1v) is 7.63. The molecule has 2 aromatic rings. The zero-order chi connectivity index (χ0) is 17.1. The fraction of sp³-hybridized carbons (Fsp3) is 0.200. The van der Waals surface area contributed by atoms with Crippen molar-refractivity contribution in [2.75, 3.05) is 0 Å². The minimum Gasteiger partial charge on any atom is -0.192 e. The lowest BCUT2D eigenvalue weighted by Gasteiger charge is -2.17. The topological polar surface area (TPSA) is 95.2 Å². The Bertz CT molecular complexity index is 852. The Balaban J connectivity index is 2.37. The summed E-state index contributed by atoms with van der Waals surface area (Å²) in [5, 5.41) is 38.3. The van der Waals surface area contributed by atoms with Crippen LogP contribution in [-0.4, -0.2) is 0 Å². The lowest BCUT2D eigenvalue weighted by molar-refractivity contribution is 0.906. The molecule has 0 atom stereocenters. The molecule has 2 aromatic carbocycles. The van der Waals surface area contributed by atoms with Crippen molar-refractivity contribution >= 4 is 0 Å². The molecule has 6 rings (SSSR count). The van der Waals surface area contributed by atoms with Gasteiger partial charge >= 0.3 is 0 Å². The largest absolute Gasteiger partial charge is 0.192 e. The summed E-state index contributed by atoms with van der Waals surface area (Å²) in [4.78, 5) is 0. The number of hydrogen-bond donors (Lipinski definition) is 0. The summed E-state index contributed by atoms with van der Waals surface area (Å²) in [7, 11) is 0. The molecule has 4 aliphatic rings. The molecule has 0 fully saturated rings. The maximum absolute atomic E-state index is 9.58. The number of hydrogen-bond acceptors (Lipinski definition) is 4. The molecule has 0 radical (unpaired) electrons. The van der Waals surface area contributed by atoms with Crippen LogP contribution in [0, 0.1) is 45.3 Å². The van der Waals surface area contributed by atoms with Gasteiger partial charge in [-0.25, -0.2) is 0 Å². The molecule has 0 amide bonds. The van der Waals surface area contributed by atoms with Gasteiger partial charge in [0.15, 0.2) is 0 Å². The van der Waals surface area contributed by atoms with E-state index in [1.54, 1.807) is 0 Å². The SMILES string of the molecule is N#Cc1c(C#N)c2c(C#N)c(C#N)c1CCc1ccc(cc1)CC2. The van der Waals surface area contributed by atoms with E-state index in [0.29, 0.717) is 36.8 Å². The van der Waals surface area contributed by atoms with Crippen LogP contribution in [-0.2, 0) is 25.7 Å². The van der Waals surface area contributed by atoms with Gasteiger partial charge < -0.3 is 0 Å².